The number of amides is 1. The molecular weight excluding hydrogens is 436 g/mol. The molecule has 7 heteroatoms. The second-order valence-corrected chi connectivity index (χ2v) is 8.19. The van der Waals surface area contributed by atoms with E-state index in [0.717, 1.165) is 33.2 Å². The molecule has 3 aromatic heterocycles. The van der Waals surface area contributed by atoms with E-state index in [4.69, 9.17) is 5.10 Å². The van der Waals surface area contributed by atoms with Crippen LogP contribution in [0.15, 0.2) is 103 Å². The van der Waals surface area contributed by atoms with E-state index in [0.29, 0.717) is 23.6 Å². The summed E-state index contributed by atoms with van der Waals surface area (Å²) in [5.41, 5.74) is 4.88. The van der Waals surface area contributed by atoms with Crippen LogP contribution in [0.5, 0.6) is 0 Å². The fourth-order valence-corrected chi connectivity index (χ4v) is 4.20. The Kier molecular flexibility index (Phi) is 5.20. The molecule has 1 N–H and O–H groups in total. The highest BCUT2D eigenvalue weighted by atomic mass is 16.1. The third-order valence-corrected chi connectivity index (χ3v) is 5.87. The van der Waals surface area contributed by atoms with Crippen LogP contribution in [-0.2, 0) is 11.2 Å². The van der Waals surface area contributed by atoms with E-state index in [1.54, 1.807) is 16.9 Å². The van der Waals surface area contributed by atoms with Crippen LogP contribution in [0.1, 0.15) is 5.56 Å². The number of nitrogens with zero attached hydrogens (tertiary/aromatic N) is 5. The molecule has 0 spiro atoms. The molecular formula is C28H20N6O. The predicted octanol–water partition coefficient (Wildman–Crippen LogP) is 5.19. The van der Waals surface area contributed by atoms with E-state index in [9.17, 15) is 4.79 Å². The average Bonchev–Trinajstić information content (AvgIpc) is 3.33. The van der Waals surface area contributed by atoms with Gasteiger partial charge < -0.3 is 5.32 Å². The molecule has 1 amide bonds. The number of fused-ring (bicyclic) bond motifs is 2. The zero-order valence-corrected chi connectivity index (χ0v) is 18.7. The lowest BCUT2D eigenvalue weighted by Crippen LogP contribution is -2.14. The lowest BCUT2D eigenvalue weighted by atomic mass is 10.0. The maximum absolute atomic E-state index is 12.9. The largest absolute Gasteiger partial charge is 0.326 e. The van der Waals surface area contributed by atoms with Crippen LogP contribution < -0.4 is 5.32 Å². The molecule has 0 unspecified atom stereocenters. The molecule has 0 aliphatic heterocycles. The summed E-state index contributed by atoms with van der Waals surface area (Å²) in [5, 5.41) is 18.5. The molecule has 0 bridgehead atoms. The van der Waals surface area contributed by atoms with Crippen LogP contribution in [0, 0.1) is 0 Å². The van der Waals surface area contributed by atoms with Gasteiger partial charge in [0.05, 0.1) is 12.1 Å². The first kappa shape index (κ1) is 20.7. The van der Waals surface area contributed by atoms with Crippen LogP contribution in [0.25, 0.3) is 39.1 Å². The van der Waals surface area contributed by atoms with Gasteiger partial charge in [-0.15, -0.1) is 10.2 Å². The van der Waals surface area contributed by atoms with Crippen molar-refractivity contribution in [3.8, 4) is 22.6 Å². The van der Waals surface area contributed by atoms with Gasteiger partial charge in [-0.1, -0.05) is 54.6 Å². The first-order chi connectivity index (χ1) is 17.2. The standard InChI is InChI=1S/C28H20N6O/c35-27(18-21-7-3-6-19-5-1-2-10-24(19)21)30-23-9-4-8-22(17-23)25-11-12-26-31-32-28(34(26)33-25)20-13-15-29-16-14-20/h1-17H,18H2,(H,30,35). The summed E-state index contributed by atoms with van der Waals surface area (Å²) in [7, 11) is 0. The fourth-order valence-electron chi connectivity index (χ4n) is 4.20. The number of hydrogen-bond acceptors (Lipinski definition) is 5. The van der Waals surface area contributed by atoms with Crippen LogP contribution >= 0.6 is 0 Å². The Labute approximate surface area is 201 Å². The second kappa shape index (κ2) is 8.79. The van der Waals surface area contributed by atoms with Gasteiger partial charge in [0.25, 0.3) is 0 Å². The molecule has 0 saturated heterocycles. The second-order valence-electron chi connectivity index (χ2n) is 8.19. The monoisotopic (exact) mass is 456 g/mol. The minimum atomic E-state index is -0.0688. The van der Waals surface area contributed by atoms with Crippen molar-refractivity contribution in [2.24, 2.45) is 0 Å². The number of benzene rings is 3. The number of carbonyl (C=O) groups is 1. The van der Waals surface area contributed by atoms with E-state index in [-0.39, 0.29) is 5.91 Å². The summed E-state index contributed by atoms with van der Waals surface area (Å²) in [4.78, 5) is 16.9. The van der Waals surface area contributed by atoms with E-state index in [1.165, 1.54) is 0 Å². The van der Waals surface area contributed by atoms with Gasteiger partial charge in [-0.05, 0) is 52.7 Å². The van der Waals surface area contributed by atoms with E-state index < -0.39 is 0 Å². The average molecular weight is 457 g/mol. The van der Waals surface area contributed by atoms with Crippen molar-refractivity contribution >= 4 is 28.0 Å². The van der Waals surface area contributed by atoms with Crippen molar-refractivity contribution in [2.75, 3.05) is 5.32 Å². The van der Waals surface area contributed by atoms with Crippen LogP contribution in [0.4, 0.5) is 5.69 Å². The Bertz CT molecular complexity index is 1670. The number of nitrogens with one attached hydrogen (secondary N) is 1. The molecule has 3 heterocycles. The third-order valence-electron chi connectivity index (χ3n) is 5.87. The molecule has 0 radical (unpaired) electrons. The molecule has 6 aromatic rings. The zero-order valence-electron chi connectivity index (χ0n) is 18.7. The van der Waals surface area contributed by atoms with Crippen LogP contribution in [0.3, 0.4) is 0 Å². The van der Waals surface area contributed by atoms with Crippen LogP contribution in [-0.4, -0.2) is 30.7 Å². The molecule has 7 nitrogen and oxygen atoms in total. The molecule has 0 aliphatic carbocycles. The van der Waals surface area contributed by atoms with Crippen molar-refractivity contribution in [1.82, 2.24) is 24.8 Å². The zero-order chi connectivity index (χ0) is 23.6. The van der Waals surface area contributed by atoms with Gasteiger partial charge in [-0.25, -0.2) is 0 Å². The summed E-state index contributed by atoms with van der Waals surface area (Å²) in [6.07, 6.45) is 3.72. The Morgan fingerprint density at radius 1 is 0.800 bits per heavy atom. The summed E-state index contributed by atoms with van der Waals surface area (Å²) in [6.45, 7) is 0. The maximum Gasteiger partial charge on any atom is 0.228 e. The molecule has 168 valence electrons. The number of anilines is 1. The fraction of sp³-hybridized carbons (Fsp3) is 0.0357. The highest BCUT2D eigenvalue weighted by Gasteiger charge is 2.12. The molecule has 0 fully saturated rings. The summed E-state index contributed by atoms with van der Waals surface area (Å²) >= 11 is 0. The molecule has 6 rings (SSSR count). The quantitative estimate of drug-likeness (QED) is 0.386. The highest BCUT2D eigenvalue weighted by molar-refractivity contribution is 5.96. The van der Waals surface area contributed by atoms with Crippen molar-refractivity contribution in [3.63, 3.8) is 0 Å². The number of rotatable bonds is 5. The molecule has 35 heavy (non-hydrogen) atoms. The van der Waals surface area contributed by atoms with Crippen molar-refractivity contribution in [2.45, 2.75) is 6.42 Å². The van der Waals surface area contributed by atoms with Gasteiger partial charge in [0.15, 0.2) is 11.5 Å². The van der Waals surface area contributed by atoms with Gasteiger partial charge >= 0.3 is 0 Å². The summed E-state index contributed by atoms with van der Waals surface area (Å²) in [5.74, 6) is 0.574. The molecule has 3 aromatic carbocycles. The minimum Gasteiger partial charge on any atom is -0.326 e. The maximum atomic E-state index is 12.9. The number of pyridine rings is 1. The van der Waals surface area contributed by atoms with E-state index in [1.807, 2.05) is 78.9 Å². The van der Waals surface area contributed by atoms with E-state index in [2.05, 4.69) is 32.6 Å². The molecule has 0 saturated carbocycles. The number of carbonyl (C=O) groups excluding carboxylic acids is 1. The first-order valence-electron chi connectivity index (χ1n) is 11.2. The number of hydrogen-bond donors (Lipinski definition) is 1. The summed E-state index contributed by atoms with van der Waals surface area (Å²) < 4.78 is 1.72. The Hall–Kier alpha value is -4.91. The smallest absolute Gasteiger partial charge is 0.228 e. The van der Waals surface area contributed by atoms with Gasteiger partial charge in [0, 0.05) is 29.2 Å². The Balaban J connectivity index is 1.27. The first-order valence-corrected chi connectivity index (χ1v) is 11.2. The van der Waals surface area contributed by atoms with E-state index >= 15 is 0 Å². The lowest BCUT2D eigenvalue weighted by Gasteiger charge is -2.09. The van der Waals surface area contributed by atoms with Crippen LogP contribution in [0.2, 0.25) is 0 Å². The normalized spacial score (nSPS) is 11.1. The molecule has 0 aliphatic rings. The minimum absolute atomic E-state index is 0.0688. The number of aromatic nitrogens is 5. The Morgan fingerprint density at radius 2 is 1.63 bits per heavy atom. The third kappa shape index (κ3) is 4.11. The summed E-state index contributed by atoms with van der Waals surface area (Å²) in [6, 6.07) is 29.3. The van der Waals surface area contributed by atoms with Crippen molar-refractivity contribution < 1.29 is 4.79 Å². The van der Waals surface area contributed by atoms with Crippen molar-refractivity contribution in [3.05, 3.63) is 109 Å². The van der Waals surface area contributed by atoms with Crippen molar-refractivity contribution in [1.29, 1.82) is 0 Å². The molecule has 0 atom stereocenters. The SMILES string of the molecule is O=C(Cc1cccc2ccccc12)Nc1cccc(-c2ccc3nnc(-c4ccncc4)n3n2)c1. The van der Waals surface area contributed by atoms with Gasteiger partial charge in [-0.3, -0.25) is 9.78 Å². The lowest BCUT2D eigenvalue weighted by molar-refractivity contribution is -0.115. The van der Waals surface area contributed by atoms with Gasteiger partial charge in [0.2, 0.25) is 5.91 Å². The Morgan fingerprint density at radius 3 is 2.54 bits per heavy atom. The van der Waals surface area contributed by atoms with Gasteiger partial charge in [0.1, 0.15) is 0 Å². The predicted molar refractivity (Wildman–Crippen MR) is 136 cm³/mol. The van der Waals surface area contributed by atoms with Gasteiger partial charge in [-0.2, -0.15) is 9.61 Å². The highest BCUT2D eigenvalue weighted by Crippen LogP contribution is 2.24. The topological polar surface area (TPSA) is 85.1 Å².